The van der Waals surface area contributed by atoms with Gasteiger partial charge in [-0.25, -0.2) is 4.31 Å². The maximum absolute atomic E-state index is 8.35. The van der Waals surface area contributed by atoms with Crippen LogP contribution < -0.4 is 0 Å². The molecule has 0 amide bonds. The second-order valence-corrected chi connectivity index (χ2v) is 4.72. The Balaban J connectivity index is 4.07. The van der Waals surface area contributed by atoms with Crippen molar-refractivity contribution >= 4 is 27.7 Å². The zero-order valence-corrected chi connectivity index (χ0v) is 6.29. The van der Waals surface area contributed by atoms with Crippen LogP contribution in [0, 0.1) is 0 Å². The molecule has 0 radical (unpaired) electrons. The monoisotopic (exact) mass is 174 g/mol. The molecule has 0 aliphatic rings. The molecule has 0 spiro atoms. The first kappa shape index (κ1) is 9.40. The lowest BCUT2D eigenvalue weighted by Crippen LogP contribution is -1.85. The van der Waals surface area contributed by atoms with Crippen molar-refractivity contribution < 1.29 is 23.9 Å². The summed E-state index contributed by atoms with van der Waals surface area (Å²) in [5, 5.41) is 0. The van der Waals surface area contributed by atoms with Crippen LogP contribution in [-0.2, 0) is 4.31 Å². The number of hydrogen-bond donors (Lipinski definition) is 4. The molecule has 0 aliphatic carbocycles. The van der Waals surface area contributed by atoms with Crippen molar-refractivity contribution in [2.75, 3.05) is 0 Å². The van der Waals surface area contributed by atoms with Crippen molar-refractivity contribution in [1.82, 2.24) is 0 Å². The summed E-state index contributed by atoms with van der Waals surface area (Å²) >= 11 is 0. The summed E-state index contributed by atoms with van der Waals surface area (Å²) in [5.41, 5.74) is 0. The Bertz CT molecular complexity index is 153. The molecular weight excluding hydrogens is 166 g/mol. The fourth-order valence-electron chi connectivity index (χ4n) is 0.209. The Morgan fingerprint density at radius 3 is 1.11 bits per heavy atom. The second kappa shape index (κ2) is 2.56. The molecule has 0 heterocycles. The van der Waals surface area contributed by atoms with Crippen molar-refractivity contribution in [2.24, 2.45) is 0 Å². The van der Waals surface area contributed by atoms with E-state index in [1.165, 1.54) is 0 Å². The fraction of sp³-hybridized carbons (Fsp3) is 0. The molecule has 9 heavy (non-hydrogen) atoms. The summed E-state index contributed by atoms with van der Waals surface area (Å²) in [5.74, 6) is 0. The lowest BCUT2D eigenvalue weighted by atomic mass is 12.0. The molecule has 0 fully saturated rings. The molecule has 0 aromatic heterocycles. The predicted molar refractivity (Wildman–Crippen MR) is 38.0 cm³/mol. The highest BCUT2D eigenvalue weighted by Crippen LogP contribution is 2.53. The summed E-state index contributed by atoms with van der Waals surface area (Å²) < 4.78 is 3.85. The molecule has 0 saturated heterocycles. The van der Waals surface area contributed by atoms with E-state index in [1.807, 2.05) is 0 Å². The molecule has 0 aromatic rings. The Kier molecular flexibility index (Phi) is 2.68. The van der Waals surface area contributed by atoms with E-state index in [0.717, 1.165) is 0 Å². The van der Waals surface area contributed by atoms with E-state index >= 15 is 0 Å². The molecule has 0 rings (SSSR count). The highest BCUT2D eigenvalue weighted by molar-refractivity contribution is 7.70. The average molecular weight is 174 g/mol. The van der Waals surface area contributed by atoms with Gasteiger partial charge < -0.3 is 19.6 Å². The van der Waals surface area contributed by atoms with Gasteiger partial charge in [-0.3, -0.25) is 0 Å². The smallest absolute Gasteiger partial charge is 0.252 e. The molecule has 0 bridgehead atoms. The zero-order chi connectivity index (χ0) is 7.71. The van der Waals surface area contributed by atoms with E-state index in [2.05, 4.69) is 16.9 Å². The molecule has 0 atom stereocenters. The minimum absolute atomic E-state index is 2.72. The Labute approximate surface area is 52.6 Å². The standard InChI is InChI=1S/C2H8O5P2/c1-8(3,4)7-9(2,5)6/h3-6H,1-2H2. The van der Waals surface area contributed by atoms with Crippen LogP contribution in [0.25, 0.3) is 0 Å². The molecule has 7 heteroatoms. The van der Waals surface area contributed by atoms with Crippen LogP contribution in [0.15, 0.2) is 0 Å². The van der Waals surface area contributed by atoms with Gasteiger partial charge >= 0.3 is 0 Å². The molecule has 0 unspecified atom stereocenters. The Hall–Kier alpha value is 0.400. The fourth-order valence-corrected chi connectivity index (χ4v) is 1.88. The van der Waals surface area contributed by atoms with E-state index in [9.17, 15) is 0 Å². The molecule has 4 N–H and O–H groups in total. The van der Waals surface area contributed by atoms with Crippen LogP contribution in [0.5, 0.6) is 0 Å². The molecule has 0 aromatic carbocycles. The summed E-state index contributed by atoms with van der Waals surface area (Å²) in [6, 6.07) is 0. The van der Waals surface area contributed by atoms with Crippen molar-refractivity contribution in [2.45, 2.75) is 0 Å². The van der Waals surface area contributed by atoms with Crippen LogP contribution >= 0.6 is 15.1 Å². The van der Waals surface area contributed by atoms with Gasteiger partial charge in [0.05, 0.1) is 0 Å². The van der Waals surface area contributed by atoms with Crippen molar-refractivity contribution in [1.29, 1.82) is 0 Å². The van der Waals surface area contributed by atoms with Gasteiger partial charge in [-0.2, -0.15) is 0 Å². The Morgan fingerprint density at radius 1 is 0.889 bits per heavy atom. The van der Waals surface area contributed by atoms with E-state index < -0.39 is 15.1 Å². The van der Waals surface area contributed by atoms with Gasteiger partial charge in [0.2, 0.25) is 0 Å². The summed E-state index contributed by atoms with van der Waals surface area (Å²) in [6.07, 6.45) is 5.45. The Morgan fingerprint density at radius 2 is 1.11 bits per heavy atom. The van der Waals surface area contributed by atoms with Gasteiger partial charge in [-0.1, -0.05) is 0 Å². The van der Waals surface area contributed by atoms with Crippen molar-refractivity contribution in [3.8, 4) is 0 Å². The first-order valence-corrected chi connectivity index (χ1v) is 5.39. The minimum atomic E-state index is -3.80. The van der Waals surface area contributed by atoms with Gasteiger partial charge in [0.1, 0.15) is 0 Å². The normalized spacial score (nSPS) is 13.8. The third-order valence-electron chi connectivity index (χ3n) is 0.262. The average Bonchev–Trinajstić information content (AvgIpc) is 1.14. The van der Waals surface area contributed by atoms with Crippen LogP contribution in [0.2, 0.25) is 0 Å². The van der Waals surface area contributed by atoms with E-state index in [-0.39, 0.29) is 0 Å². The van der Waals surface area contributed by atoms with Gasteiger partial charge in [0.25, 0.3) is 15.1 Å². The van der Waals surface area contributed by atoms with Crippen LogP contribution in [0.1, 0.15) is 0 Å². The third-order valence-corrected chi connectivity index (χ3v) is 2.35. The van der Waals surface area contributed by atoms with E-state index in [1.54, 1.807) is 0 Å². The first-order chi connectivity index (χ1) is 3.71. The van der Waals surface area contributed by atoms with Gasteiger partial charge in [0, 0.05) is 0 Å². The quantitative estimate of drug-likeness (QED) is 0.418. The van der Waals surface area contributed by atoms with Crippen molar-refractivity contribution in [3.63, 3.8) is 0 Å². The lowest BCUT2D eigenvalue weighted by Gasteiger charge is -2.14. The predicted octanol–water partition coefficient (Wildman–Crippen LogP) is -0.639. The lowest BCUT2D eigenvalue weighted by molar-refractivity contribution is 0.316. The molecule has 0 saturated carbocycles. The molecular formula is C2H8O5P2. The van der Waals surface area contributed by atoms with Gasteiger partial charge in [-0.15, -0.1) is 0 Å². The maximum atomic E-state index is 8.35. The number of hydrogen-bond acceptors (Lipinski definition) is 5. The summed E-state index contributed by atoms with van der Waals surface area (Å²) in [4.78, 5) is 33.4. The van der Waals surface area contributed by atoms with E-state index in [0.29, 0.717) is 0 Å². The van der Waals surface area contributed by atoms with Crippen LogP contribution in [0.4, 0.5) is 0 Å². The van der Waals surface area contributed by atoms with E-state index in [4.69, 9.17) is 19.6 Å². The minimum Gasteiger partial charge on any atom is -0.333 e. The third kappa shape index (κ3) is 8.40. The second-order valence-electron chi connectivity index (χ2n) is 1.41. The molecule has 5 nitrogen and oxygen atoms in total. The maximum Gasteiger partial charge on any atom is 0.252 e. The molecule has 0 aliphatic heterocycles. The molecule has 56 valence electrons. The van der Waals surface area contributed by atoms with Crippen molar-refractivity contribution in [3.05, 3.63) is 0 Å². The topological polar surface area (TPSA) is 90.2 Å². The van der Waals surface area contributed by atoms with Crippen LogP contribution in [0.3, 0.4) is 0 Å². The SMILES string of the molecule is C=P(O)(O)OP(=C)(O)O. The van der Waals surface area contributed by atoms with Crippen LogP contribution in [-0.4, -0.2) is 32.2 Å². The summed E-state index contributed by atoms with van der Waals surface area (Å²) in [6.45, 7) is 0. The summed E-state index contributed by atoms with van der Waals surface area (Å²) in [7, 11) is -7.60. The largest absolute Gasteiger partial charge is 0.333 e. The van der Waals surface area contributed by atoms with Gasteiger partial charge in [-0.05, 0) is 12.6 Å². The highest BCUT2D eigenvalue weighted by atomic mass is 31.3. The first-order valence-electron chi connectivity index (χ1n) is 1.80. The number of rotatable bonds is 2. The highest BCUT2D eigenvalue weighted by Gasteiger charge is 2.14. The zero-order valence-electron chi connectivity index (χ0n) is 4.51. The van der Waals surface area contributed by atoms with Gasteiger partial charge in [0.15, 0.2) is 0 Å².